The van der Waals surface area contributed by atoms with Crippen molar-refractivity contribution in [1.29, 1.82) is 0 Å². The van der Waals surface area contributed by atoms with Crippen LogP contribution in [0.3, 0.4) is 0 Å². The molecule has 2 aromatic heterocycles. The molecule has 4 aromatic rings. The lowest BCUT2D eigenvalue weighted by molar-refractivity contribution is -0.143. The minimum atomic E-state index is -0.962. The van der Waals surface area contributed by atoms with E-state index in [1.165, 1.54) is 7.11 Å². The van der Waals surface area contributed by atoms with Crippen LogP contribution in [0.4, 0.5) is 9.59 Å². The fourth-order valence-electron chi connectivity index (χ4n) is 7.75. The van der Waals surface area contributed by atoms with Crippen molar-refractivity contribution in [1.82, 2.24) is 35.1 Å². The number of amides is 4. The first-order chi connectivity index (χ1) is 26.3. The Labute approximate surface area is 321 Å². The van der Waals surface area contributed by atoms with Gasteiger partial charge in [0.05, 0.1) is 30.6 Å². The van der Waals surface area contributed by atoms with Crippen LogP contribution in [0, 0.1) is 25.7 Å². The van der Waals surface area contributed by atoms with Gasteiger partial charge in [-0.3, -0.25) is 9.59 Å². The minimum absolute atomic E-state index is 0.110. The molecule has 1 unspecified atom stereocenters. The highest BCUT2D eigenvalue weighted by Gasteiger charge is 2.39. The summed E-state index contributed by atoms with van der Waals surface area (Å²) in [7, 11) is 1.29. The van der Waals surface area contributed by atoms with E-state index in [4.69, 9.17) is 25.2 Å². The second kappa shape index (κ2) is 16.4. The first kappa shape index (κ1) is 39.0. The smallest absolute Gasteiger partial charge is 0.407 e. The number of methoxy groups -OCH3 is 1. The molecule has 14 nitrogen and oxygen atoms in total. The summed E-state index contributed by atoms with van der Waals surface area (Å²) in [4.78, 5) is 70.9. The van der Waals surface area contributed by atoms with E-state index in [2.05, 4.69) is 51.7 Å². The first-order valence-electron chi connectivity index (χ1n) is 19.0. The summed E-state index contributed by atoms with van der Waals surface area (Å²) in [5.74, 6) is 0.711. The van der Waals surface area contributed by atoms with Gasteiger partial charge in [-0.05, 0) is 62.5 Å². The average Bonchev–Trinajstić information content (AvgIpc) is 3.98. The van der Waals surface area contributed by atoms with Crippen molar-refractivity contribution < 1.29 is 28.7 Å². The number of nitrogens with zero attached hydrogens (tertiary/aromatic N) is 4. The van der Waals surface area contributed by atoms with Crippen LogP contribution < -0.4 is 11.1 Å². The fourth-order valence-corrected chi connectivity index (χ4v) is 7.75. The van der Waals surface area contributed by atoms with E-state index in [0.29, 0.717) is 18.9 Å². The third kappa shape index (κ3) is 8.23. The fraction of sp³-hybridized carbons (Fsp3) is 0.463. The van der Waals surface area contributed by atoms with E-state index in [9.17, 15) is 19.2 Å². The number of benzene rings is 2. The summed E-state index contributed by atoms with van der Waals surface area (Å²) >= 11 is 0. The van der Waals surface area contributed by atoms with Crippen LogP contribution in [-0.2, 0) is 19.1 Å². The molecule has 2 fully saturated rings. The number of hydrogen-bond acceptors (Lipinski definition) is 8. The van der Waals surface area contributed by atoms with Crippen molar-refractivity contribution in [3.63, 3.8) is 0 Å². The molecule has 292 valence electrons. The highest BCUT2D eigenvalue weighted by atomic mass is 16.6. The number of hydrogen-bond donors (Lipinski definition) is 4. The van der Waals surface area contributed by atoms with Crippen molar-refractivity contribution in [3.8, 4) is 33.6 Å². The average molecular weight is 753 g/mol. The third-order valence-electron chi connectivity index (χ3n) is 10.6. The summed E-state index contributed by atoms with van der Waals surface area (Å²) in [5, 5.41) is 2.70. The van der Waals surface area contributed by atoms with Gasteiger partial charge in [0.25, 0.3) is 5.91 Å². The van der Waals surface area contributed by atoms with Crippen LogP contribution in [0.15, 0.2) is 48.5 Å². The van der Waals surface area contributed by atoms with Gasteiger partial charge < -0.3 is 40.3 Å². The molecule has 6 rings (SSSR count). The molecule has 0 saturated carbocycles. The minimum Gasteiger partial charge on any atom is -0.453 e. The van der Waals surface area contributed by atoms with Crippen LogP contribution in [0.25, 0.3) is 33.6 Å². The van der Waals surface area contributed by atoms with Gasteiger partial charge in [0.1, 0.15) is 17.7 Å². The number of likely N-dealkylation sites (tertiary alicyclic amines) is 2. The van der Waals surface area contributed by atoms with E-state index in [0.717, 1.165) is 76.5 Å². The number of nitrogens with one attached hydrogen (secondary N) is 3. The van der Waals surface area contributed by atoms with E-state index >= 15 is 0 Å². The topological polar surface area (TPSA) is 189 Å². The van der Waals surface area contributed by atoms with Gasteiger partial charge in [0.2, 0.25) is 5.91 Å². The molecule has 0 radical (unpaired) electrons. The second-order valence-electron chi connectivity index (χ2n) is 15.2. The second-order valence-corrected chi connectivity index (χ2v) is 15.2. The van der Waals surface area contributed by atoms with Crippen molar-refractivity contribution in [2.45, 2.75) is 91.5 Å². The van der Waals surface area contributed by atoms with E-state index in [1.54, 1.807) is 4.90 Å². The van der Waals surface area contributed by atoms with Gasteiger partial charge in [-0.25, -0.2) is 19.6 Å². The Morgan fingerprint density at radius 3 is 1.56 bits per heavy atom. The number of H-pyrrole nitrogens is 2. The maximum absolute atomic E-state index is 13.6. The van der Waals surface area contributed by atoms with Crippen molar-refractivity contribution >= 4 is 24.0 Å². The molecule has 2 aliphatic heterocycles. The number of ether oxygens (including phenoxy) is 2. The SMILES string of the molecule is COC(=O)N[C@H](C(=O)N1CCCC1c1nc(-c2ccc(-c3ccc(-c4nc([C@@H]5CCCN5C(=O)[C@@H](OC(N)=O)C(C)C)[nH]c4C)cc3)cc2)c(C)[nH]1)C(C)C. The molecule has 4 amide bonds. The number of aromatic nitrogens is 4. The van der Waals surface area contributed by atoms with Gasteiger partial charge in [0, 0.05) is 35.6 Å². The molecule has 0 spiro atoms. The van der Waals surface area contributed by atoms with E-state index in [1.807, 2.05) is 58.6 Å². The summed E-state index contributed by atoms with van der Waals surface area (Å²) in [5.41, 5.74) is 12.7. The summed E-state index contributed by atoms with van der Waals surface area (Å²) in [6.07, 6.45) is 0.657. The van der Waals surface area contributed by atoms with Crippen LogP contribution in [0.5, 0.6) is 0 Å². The van der Waals surface area contributed by atoms with Crippen LogP contribution in [0.1, 0.15) is 88.5 Å². The molecular formula is C41H52N8O6. The maximum atomic E-state index is 13.6. The van der Waals surface area contributed by atoms with Crippen LogP contribution in [0.2, 0.25) is 0 Å². The molecule has 0 aliphatic carbocycles. The number of alkyl carbamates (subject to hydrolysis) is 1. The van der Waals surface area contributed by atoms with Gasteiger partial charge in [-0.15, -0.1) is 0 Å². The van der Waals surface area contributed by atoms with Crippen LogP contribution >= 0.6 is 0 Å². The Morgan fingerprint density at radius 1 is 0.727 bits per heavy atom. The van der Waals surface area contributed by atoms with E-state index in [-0.39, 0.29) is 35.7 Å². The molecule has 4 heterocycles. The number of carbonyl (C=O) groups excluding carboxylic acids is 4. The zero-order valence-electron chi connectivity index (χ0n) is 32.6. The Kier molecular flexibility index (Phi) is 11.6. The number of aromatic amines is 2. The number of nitrogens with two attached hydrogens (primary N) is 1. The Balaban J connectivity index is 1.15. The summed E-state index contributed by atoms with van der Waals surface area (Å²) < 4.78 is 9.96. The van der Waals surface area contributed by atoms with E-state index < -0.39 is 24.3 Å². The molecule has 14 heteroatoms. The lowest BCUT2D eigenvalue weighted by Crippen LogP contribution is -2.51. The quantitative estimate of drug-likeness (QED) is 0.132. The zero-order chi connectivity index (χ0) is 39.6. The first-order valence-corrected chi connectivity index (χ1v) is 19.0. The number of primary amides is 1. The molecular weight excluding hydrogens is 701 g/mol. The molecule has 2 aromatic carbocycles. The van der Waals surface area contributed by atoms with Crippen molar-refractivity contribution in [2.75, 3.05) is 20.2 Å². The van der Waals surface area contributed by atoms with Crippen molar-refractivity contribution in [3.05, 3.63) is 71.6 Å². The highest BCUT2D eigenvalue weighted by molar-refractivity contribution is 5.86. The summed E-state index contributed by atoms with van der Waals surface area (Å²) in [6.45, 7) is 12.6. The molecule has 5 N–H and O–H groups in total. The standard InChI is InChI=1S/C41H52N8O6/c1-22(2)32(47-41(53)54-7)38(50)48-20-8-10-30(48)36-43-24(5)33(45-36)28-16-12-26(13-17-28)27-14-18-29(19-15-27)34-25(6)44-37(46-34)31-11-9-21-49(31)39(51)35(23(3)4)55-40(42)52/h12-19,22-23,30-32,35H,8-11,20-21H2,1-7H3,(H2,42,52)(H,43,45)(H,44,46)(H,47,53)/t30?,31-,32-,35-/m0/s1. The third-order valence-corrected chi connectivity index (χ3v) is 10.6. The Hall–Kier alpha value is -5.66. The zero-order valence-corrected chi connectivity index (χ0v) is 32.6. The highest BCUT2D eigenvalue weighted by Crippen LogP contribution is 2.36. The molecule has 55 heavy (non-hydrogen) atoms. The lowest BCUT2D eigenvalue weighted by atomic mass is 10.0. The predicted octanol–water partition coefficient (Wildman–Crippen LogP) is 6.58. The number of aryl methyl sites for hydroxylation is 2. The van der Waals surface area contributed by atoms with Gasteiger partial charge in [-0.1, -0.05) is 76.2 Å². The number of carbonyl (C=O) groups is 4. The molecule has 2 aliphatic rings. The largest absolute Gasteiger partial charge is 0.453 e. The summed E-state index contributed by atoms with van der Waals surface area (Å²) in [6, 6.07) is 15.3. The molecule has 4 atom stereocenters. The Morgan fingerprint density at radius 2 is 1.16 bits per heavy atom. The molecule has 2 saturated heterocycles. The van der Waals surface area contributed by atoms with Gasteiger partial charge in [-0.2, -0.15) is 0 Å². The lowest BCUT2D eigenvalue weighted by Gasteiger charge is -2.30. The monoisotopic (exact) mass is 752 g/mol. The normalized spacial score (nSPS) is 18.1. The van der Waals surface area contributed by atoms with Gasteiger partial charge >= 0.3 is 12.2 Å². The Bertz CT molecular complexity index is 2020. The van der Waals surface area contributed by atoms with Crippen LogP contribution in [-0.4, -0.2) is 86.1 Å². The predicted molar refractivity (Wildman–Crippen MR) is 207 cm³/mol. The number of rotatable bonds is 11. The van der Waals surface area contributed by atoms with Gasteiger partial charge in [0.15, 0.2) is 6.10 Å². The maximum Gasteiger partial charge on any atom is 0.407 e. The van der Waals surface area contributed by atoms with Crippen molar-refractivity contribution in [2.24, 2.45) is 17.6 Å². The number of imidazole rings is 2. The molecule has 0 bridgehead atoms.